The molecule has 58 heavy (non-hydrogen) atoms. The summed E-state index contributed by atoms with van der Waals surface area (Å²) in [4.78, 5) is 2.62. The Labute approximate surface area is 346 Å². The van der Waals surface area contributed by atoms with E-state index in [0.29, 0.717) is 0 Å². The first kappa shape index (κ1) is 35.1. The minimum Gasteiger partial charge on any atom is -0.310 e. The zero-order valence-electron chi connectivity index (χ0n) is 35.3. The molecule has 4 fully saturated rings. The van der Waals surface area contributed by atoms with Crippen molar-refractivity contribution in [3.63, 3.8) is 0 Å². The highest BCUT2D eigenvalue weighted by Crippen LogP contribution is 2.70. The van der Waals surface area contributed by atoms with Crippen LogP contribution >= 0.6 is 0 Å². The van der Waals surface area contributed by atoms with Gasteiger partial charge in [-0.15, -0.1) is 0 Å². The summed E-state index contributed by atoms with van der Waals surface area (Å²) in [6, 6.07) is 50.2. The van der Waals surface area contributed by atoms with Crippen LogP contribution in [0, 0.1) is 23.7 Å². The normalized spacial score (nSPS) is 26.8. The Morgan fingerprint density at radius 2 is 1.02 bits per heavy atom. The molecule has 0 saturated heterocycles. The fourth-order valence-electron chi connectivity index (χ4n) is 14.2. The van der Waals surface area contributed by atoms with Gasteiger partial charge in [0, 0.05) is 27.8 Å². The van der Waals surface area contributed by atoms with Crippen LogP contribution in [0.1, 0.15) is 120 Å². The van der Waals surface area contributed by atoms with Gasteiger partial charge in [0.25, 0.3) is 0 Å². The van der Waals surface area contributed by atoms with E-state index in [0.717, 1.165) is 23.7 Å². The molecule has 0 aliphatic heterocycles. The van der Waals surface area contributed by atoms with Crippen LogP contribution in [0.25, 0.3) is 33.4 Å². The van der Waals surface area contributed by atoms with Crippen molar-refractivity contribution in [3.8, 4) is 33.4 Å². The third-order valence-electron chi connectivity index (χ3n) is 16.9. The van der Waals surface area contributed by atoms with E-state index in [9.17, 15) is 0 Å². The predicted molar refractivity (Wildman–Crippen MR) is 243 cm³/mol. The average Bonchev–Trinajstić information content (AvgIpc) is 3.65. The molecule has 0 aromatic heterocycles. The molecule has 6 aromatic rings. The smallest absolute Gasteiger partial charge is 0.0543 e. The first-order valence-corrected chi connectivity index (χ1v) is 22.5. The van der Waals surface area contributed by atoms with E-state index in [4.69, 9.17) is 0 Å². The molecular formula is C57H57N. The van der Waals surface area contributed by atoms with Crippen LogP contribution in [0.15, 0.2) is 127 Å². The molecule has 1 nitrogen and oxygen atoms in total. The predicted octanol–water partition coefficient (Wildman–Crippen LogP) is 15.2. The van der Waals surface area contributed by atoms with Crippen molar-refractivity contribution in [1.82, 2.24) is 0 Å². The van der Waals surface area contributed by atoms with Gasteiger partial charge in [-0.1, -0.05) is 139 Å². The third kappa shape index (κ3) is 4.65. The van der Waals surface area contributed by atoms with Crippen molar-refractivity contribution in [2.75, 3.05) is 4.90 Å². The topological polar surface area (TPSA) is 3.24 Å². The number of nitrogens with zero attached hydrogens (tertiary/aromatic N) is 1. The van der Waals surface area contributed by atoms with Gasteiger partial charge in [-0.2, -0.15) is 0 Å². The lowest BCUT2D eigenvalue weighted by Crippen LogP contribution is -2.55. The summed E-state index contributed by atoms with van der Waals surface area (Å²) in [6.45, 7) is 14.5. The van der Waals surface area contributed by atoms with Gasteiger partial charge in [0.2, 0.25) is 0 Å². The lowest BCUT2D eigenvalue weighted by atomic mass is 9.43. The standard InChI is InChI=1S/C57H57N/c1-54(2)26-27-55(3,4)51-33-38(20-25-48(51)54)37-18-21-41(22-19-37)58(42-23-24-44-43-12-7-9-14-46(43)56(5,6)50(44)34-42)52-17-11-16-49-53(52)45-13-8-10-15-47(45)57(49)39-29-35-28-36(31-39)32-40(57)30-35/h7-25,33-36,39-40H,26-32H2,1-6H3. The number of hydrogen-bond donors (Lipinski definition) is 0. The van der Waals surface area contributed by atoms with Crippen LogP contribution in [0.2, 0.25) is 0 Å². The highest BCUT2D eigenvalue weighted by Gasteiger charge is 2.62. The second-order valence-electron chi connectivity index (χ2n) is 21.2. The monoisotopic (exact) mass is 755 g/mol. The molecule has 0 unspecified atom stereocenters. The average molecular weight is 756 g/mol. The molecular weight excluding hydrogens is 699 g/mol. The second-order valence-corrected chi connectivity index (χ2v) is 21.2. The highest BCUT2D eigenvalue weighted by atomic mass is 15.1. The summed E-state index contributed by atoms with van der Waals surface area (Å²) in [5, 5.41) is 0. The number of hydrogen-bond acceptors (Lipinski definition) is 1. The Morgan fingerprint density at radius 3 is 1.74 bits per heavy atom. The van der Waals surface area contributed by atoms with Gasteiger partial charge in [-0.3, -0.25) is 0 Å². The molecule has 0 N–H and O–H groups in total. The number of anilines is 3. The molecule has 290 valence electrons. The van der Waals surface area contributed by atoms with Gasteiger partial charge < -0.3 is 4.90 Å². The van der Waals surface area contributed by atoms with Crippen LogP contribution in [-0.4, -0.2) is 0 Å². The van der Waals surface area contributed by atoms with Crippen molar-refractivity contribution in [2.45, 2.75) is 108 Å². The van der Waals surface area contributed by atoms with Crippen LogP contribution in [0.5, 0.6) is 0 Å². The lowest BCUT2D eigenvalue weighted by Gasteiger charge is -2.61. The summed E-state index contributed by atoms with van der Waals surface area (Å²) < 4.78 is 0. The Balaban J connectivity index is 1.04. The fraction of sp³-hybridized carbons (Fsp3) is 0.368. The maximum Gasteiger partial charge on any atom is 0.0543 e. The minimum atomic E-state index is -0.0814. The van der Waals surface area contributed by atoms with E-state index in [2.05, 4.69) is 174 Å². The molecule has 0 atom stereocenters. The van der Waals surface area contributed by atoms with E-state index in [1.807, 2.05) is 0 Å². The Hall–Kier alpha value is -4.88. The van der Waals surface area contributed by atoms with Crippen molar-refractivity contribution < 1.29 is 0 Å². The van der Waals surface area contributed by atoms with Crippen molar-refractivity contribution in [3.05, 3.63) is 161 Å². The van der Waals surface area contributed by atoms with E-state index < -0.39 is 0 Å². The Morgan fingerprint density at radius 1 is 0.431 bits per heavy atom. The molecule has 13 rings (SSSR count). The van der Waals surface area contributed by atoms with Crippen LogP contribution in [0.3, 0.4) is 0 Å². The van der Waals surface area contributed by atoms with Crippen LogP contribution in [0.4, 0.5) is 17.1 Å². The SMILES string of the molecule is CC1(C)CCC(C)(C)c2cc(-c3ccc(N(c4ccc5c(c4)C(C)(C)c4ccccc4-5)c4cccc5c4-c4ccccc4C54C5CC6CC(C5)CC4C6)cc3)ccc21. The molecule has 0 amide bonds. The fourth-order valence-corrected chi connectivity index (χ4v) is 14.2. The summed E-state index contributed by atoms with van der Waals surface area (Å²) in [6.07, 6.45) is 9.52. The lowest BCUT2D eigenvalue weighted by molar-refractivity contribution is -0.0399. The maximum absolute atomic E-state index is 2.62. The molecule has 4 bridgehead atoms. The first-order valence-electron chi connectivity index (χ1n) is 22.5. The molecule has 0 radical (unpaired) electrons. The van der Waals surface area contributed by atoms with Gasteiger partial charge in [0.1, 0.15) is 0 Å². The van der Waals surface area contributed by atoms with E-state index in [-0.39, 0.29) is 21.7 Å². The van der Waals surface area contributed by atoms with E-state index >= 15 is 0 Å². The summed E-state index contributed by atoms with van der Waals surface area (Å²) in [7, 11) is 0. The molecule has 4 saturated carbocycles. The molecule has 7 aliphatic carbocycles. The number of benzene rings is 6. The van der Waals surface area contributed by atoms with Gasteiger partial charge in [0.15, 0.2) is 0 Å². The zero-order chi connectivity index (χ0) is 39.3. The van der Waals surface area contributed by atoms with Crippen LogP contribution < -0.4 is 4.90 Å². The van der Waals surface area contributed by atoms with Crippen molar-refractivity contribution >= 4 is 17.1 Å². The van der Waals surface area contributed by atoms with E-state index in [1.165, 1.54) is 118 Å². The third-order valence-corrected chi connectivity index (χ3v) is 16.9. The van der Waals surface area contributed by atoms with Gasteiger partial charge in [-0.05, 0) is 171 Å². The summed E-state index contributed by atoms with van der Waals surface area (Å²) >= 11 is 0. The summed E-state index contributed by atoms with van der Waals surface area (Å²) in [5.74, 6) is 3.32. The highest BCUT2D eigenvalue weighted by molar-refractivity contribution is 5.96. The minimum absolute atomic E-state index is 0.0814. The molecule has 0 heterocycles. The Bertz CT molecular complexity index is 2640. The molecule has 1 spiro atoms. The van der Waals surface area contributed by atoms with Gasteiger partial charge in [-0.25, -0.2) is 0 Å². The van der Waals surface area contributed by atoms with Gasteiger partial charge in [0.05, 0.1) is 5.69 Å². The first-order chi connectivity index (χ1) is 27.9. The molecule has 6 aromatic carbocycles. The van der Waals surface area contributed by atoms with Crippen molar-refractivity contribution in [2.24, 2.45) is 23.7 Å². The largest absolute Gasteiger partial charge is 0.310 e. The van der Waals surface area contributed by atoms with Crippen molar-refractivity contribution in [1.29, 1.82) is 0 Å². The summed E-state index contributed by atoms with van der Waals surface area (Å²) in [5.41, 5.74) is 21.6. The quantitative estimate of drug-likeness (QED) is 0.173. The zero-order valence-corrected chi connectivity index (χ0v) is 35.3. The number of fused-ring (bicyclic) bond motifs is 7. The Kier molecular flexibility index (Phi) is 7.18. The van der Waals surface area contributed by atoms with E-state index in [1.54, 1.807) is 11.1 Å². The second kappa shape index (κ2) is 11.9. The number of rotatable bonds is 4. The maximum atomic E-state index is 2.62. The van der Waals surface area contributed by atoms with Crippen LogP contribution in [-0.2, 0) is 21.7 Å². The van der Waals surface area contributed by atoms with Gasteiger partial charge >= 0.3 is 0 Å². The molecule has 1 heteroatoms. The molecule has 7 aliphatic rings.